The second-order valence-corrected chi connectivity index (χ2v) is 8.53. The Morgan fingerprint density at radius 2 is 1.66 bits per heavy atom. The minimum atomic E-state index is -1.64. The number of carbonyl (C=O) groups is 5. The Kier molecular flexibility index (Phi) is 13.2. The van der Waals surface area contributed by atoms with Crippen molar-refractivity contribution in [1.82, 2.24) is 25.9 Å². The van der Waals surface area contributed by atoms with E-state index in [9.17, 15) is 34.2 Å². The minimum Gasteiger partial charge on any atom is -0.480 e. The number of primary amides is 1. The first kappa shape index (κ1) is 31.8. The van der Waals surface area contributed by atoms with Crippen LogP contribution in [0.4, 0.5) is 0 Å². The number of H-pyrrole nitrogens is 1. The largest absolute Gasteiger partial charge is 0.480 e. The number of rotatable bonds is 17. The van der Waals surface area contributed by atoms with Crippen LogP contribution in [0.1, 0.15) is 38.3 Å². The number of aliphatic hydroxyl groups is 1. The fraction of sp³-hybridized carbons (Fsp3) is 0.571. The Morgan fingerprint density at radius 1 is 1.03 bits per heavy atom. The summed E-state index contributed by atoms with van der Waals surface area (Å²) in [4.78, 5) is 71.6. The molecule has 0 spiro atoms. The first-order valence-electron chi connectivity index (χ1n) is 11.7. The number of guanidine groups is 1. The molecule has 0 bridgehead atoms. The van der Waals surface area contributed by atoms with Gasteiger partial charge in [0.15, 0.2) is 12.0 Å². The number of hydrogen-bond acceptors (Lipinski definition) is 9. The fourth-order valence-corrected chi connectivity index (χ4v) is 3.22. The van der Waals surface area contributed by atoms with E-state index in [1.165, 1.54) is 19.4 Å². The van der Waals surface area contributed by atoms with Crippen LogP contribution in [0.5, 0.6) is 0 Å². The molecule has 0 aliphatic carbocycles. The molecule has 17 nitrogen and oxygen atoms in total. The van der Waals surface area contributed by atoms with Gasteiger partial charge in [-0.05, 0) is 26.2 Å². The summed E-state index contributed by atoms with van der Waals surface area (Å²) in [5.74, 6) is -4.72. The van der Waals surface area contributed by atoms with Crippen LogP contribution in [0, 0.1) is 0 Å². The lowest BCUT2D eigenvalue weighted by Crippen LogP contribution is -2.58. The summed E-state index contributed by atoms with van der Waals surface area (Å²) in [6.07, 6.45) is 1.33. The van der Waals surface area contributed by atoms with Gasteiger partial charge in [0.25, 0.3) is 0 Å². The van der Waals surface area contributed by atoms with Crippen LogP contribution in [0.3, 0.4) is 0 Å². The second-order valence-electron chi connectivity index (χ2n) is 8.53. The number of nitrogens with zero attached hydrogens (tertiary/aromatic N) is 2. The van der Waals surface area contributed by atoms with Crippen molar-refractivity contribution < 1.29 is 34.2 Å². The minimum absolute atomic E-state index is 0.0106. The predicted molar refractivity (Wildman–Crippen MR) is 134 cm³/mol. The zero-order chi connectivity index (χ0) is 28.8. The highest BCUT2D eigenvalue weighted by Gasteiger charge is 2.32. The van der Waals surface area contributed by atoms with Crippen molar-refractivity contribution in [3.63, 3.8) is 0 Å². The lowest BCUT2D eigenvalue weighted by Gasteiger charge is -2.25. The molecule has 0 aromatic carbocycles. The number of imidazole rings is 1. The van der Waals surface area contributed by atoms with Crippen molar-refractivity contribution in [3.8, 4) is 0 Å². The predicted octanol–water partition coefficient (Wildman–Crippen LogP) is -4.48. The molecule has 0 fully saturated rings. The SMILES string of the molecule is CC(O)C(NC(=O)C(CCCN=C(N)N)NC(=O)C(Cc1cnc[nH]1)NC(=O)C(N)CCC(N)=O)C(=O)O. The topological polar surface area (TPSA) is 307 Å². The monoisotopic (exact) mass is 540 g/mol. The average molecular weight is 541 g/mol. The number of aromatic amines is 1. The third kappa shape index (κ3) is 11.7. The second kappa shape index (κ2) is 15.8. The summed E-state index contributed by atoms with van der Waals surface area (Å²) < 4.78 is 0. The first-order chi connectivity index (χ1) is 17.8. The van der Waals surface area contributed by atoms with Crippen LogP contribution < -0.4 is 38.9 Å². The number of nitrogens with two attached hydrogens (primary N) is 4. The van der Waals surface area contributed by atoms with E-state index in [1.54, 1.807) is 0 Å². The van der Waals surface area contributed by atoms with E-state index < -0.39 is 59.9 Å². The molecular formula is C21H36N10O7. The van der Waals surface area contributed by atoms with Gasteiger partial charge >= 0.3 is 5.97 Å². The Hall–Kier alpha value is -4.25. The van der Waals surface area contributed by atoms with Gasteiger partial charge in [0.2, 0.25) is 23.6 Å². The third-order valence-corrected chi connectivity index (χ3v) is 5.27. The molecular weight excluding hydrogens is 504 g/mol. The molecule has 0 aliphatic rings. The molecule has 14 N–H and O–H groups in total. The van der Waals surface area contributed by atoms with E-state index in [0.717, 1.165) is 0 Å². The summed E-state index contributed by atoms with van der Waals surface area (Å²) in [5.41, 5.74) is 22.0. The van der Waals surface area contributed by atoms with Gasteiger partial charge in [0, 0.05) is 31.3 Å². The number of aliphatic carboxylic acids is 1. The first-order valence-corrected chi connectivity index (χ1v) is 11.7. The maximum Gasteiger partial charge on any atom is 0.328 e. The standard InChI is InChI=1S/C21H36N10O7/c1-10(32)16(20(37)38)31-18(35)13(3-2-6-27-21(24)25)29-19(36)14(7-11-8-26-9-28-11)30-17(34)12(22)4-5-15(23)33/h8-10,12-14,16,32H,2-7,22H2,1H3,(H2,23,33)(H,26,28)(H,29,36)(H,30,34)(H,31,35)(H,37,38)(H4,24,25,27). The number of aromatic nitrogens is 2. The van der Waals surface area contributed by atoms with E-state index in [-0.39, 0.29) is 44.6 Å². The molecule has 1 rings (SSSR count). The van der Waals surface area contributed by atoms with Gasteiger partial charge in [-0.25, -0.2) is 9.78 Å². The number of nitrogens with one attached hydrogen (secondary N) is 4. The highest BCUT2D eigenvalue weighted by Crippen LogP contribution is 2.06. The summed E-state index contributed by atoms with van der Waals surface area (Å²) in [7, 11) is 0. The van der Waals surface area contributed by atoms with Crippen molar-refractivity contribution >= 4 is 35.6 Å². The lowest BCUT2D eigenvalue weighted by molar-refractivity contribution is -0.145. The fourth-order valence-electron chi connectivity index (χ4n) is 3.22. The maximum atomic E-state index is 13.2. The number of amides is 4. The Morgan fingerprint density at radius 3 is 2.18 bits per heavy atom. The third-order valence-electron chi connectivity index (χ3n) is 5.27. The molecule has 1 heterocycles. The van der Waals surface area contributed by atoms with Crippen LogP contribution in [-0.2, 0) is 30.4 Å². The van der Waals surface area contributed by atoms with E-state index >= 15 is 0 Å². The van der Waals surface area contributed by atoms with E-state index in [1.807, 2.05) is 0 Å². The van der Waals surface area contributed by atoms with Crippen molar-refractivity contribution in [2.24, 2.45) is 27.9 Å². The molecule has 5 unspecified atom stereocenters. The van der Waals surface area contributed by atoms with Gasteiger partial charge in [-0.3, -0.25) is 24.2 Å². The van der Waals surface area contributed by atoms with Gasteiger partial charge in [-0.1, -0.05) is 0 Å². The Balaban J connectivity index is 3.09. The summed E-state index contributed by atoms with van der Waals surface area (Å²) in [6, 6.07) is -5.28. The van der Waals surface area contributed by atoms with Crippen LogP contribution in [0.2, 0.25) is 0 Å². The van der Waals surface area contributed by atoms with E-state index in [2.05, 4.69) is 30.9 Å². The number of aliphatic hydroxyl groups excluding tert-OH is 1. The average Bonchev–Trinajstić information content (AvgIpc) is 3.34. The number of carboxylic acid groups (broad SMARTS) is 1. The molecule has 0 radical (unpaired) electrons. The zero-order valence-electron chi connectivity index (χ0n) is 20.9. The molecule has 5 atom stereocenters. The van der Waals surface area contributed by atoms with Crippen molar-refractivity contribution in [2.75, 3.05) is 6.54 Å². The summed E-state index contributed by atoms with van der Waals surface area (Å²) in [6.45, 7) is 1.30. The van der Waals surface area contributed by atoms with Gasteiger partial charge < -0.3 is 54.1 Å². The van der Waals surface area contributed by atoms with Gasteiger partial charge in [-0.2, -0.15) is 0 Å². The quantitative estimate of drug-likeness (QED) is 0.0510. The van der Waals surface area contributed by atoms with Crippen LogP contribution >= 0.6 is 0 Å². The summed E-state index contributed by atoms with van der Waals surface area (Å²) >= 11 is 0. The number of aliphatic imine (C=N–C) groups is 1. The number of carbonyl (C=O) groups excluding carboxylic acids is 4. The Bertz CT molecular complexity index is 979. The van der Waals surface area contributed by atoms with Crippen molar-refractivity contribution in [1.29, 1.82) is 0 Å². The summed E-state index contributed by atoms with van der Waals surface area (Å²) in [5, 5.41) is 26.2. The van der Waals surface area contributed by atoms with Crippen LogP contribution in [0.25, 0.3) is 0 Å². The highest BCUT2D eigenvalue weighted by molar-refractivity contribution is 5.94. The molecule has 0 saturated heterocycles. The molecule has 4 amide bonds. The molecule has 1 aromatic heterocycles. The molecule has 17 heteroatoms. The normalized spacial score (nSPS) is 14.7. The van der Waals surface area contributed by atoms with Gasteiger partial charge in [-0.15, -0.1) is 0 Å². The zero-order valence-corrected chi connectivity index (χ0v) is 20.9. The van der Waals surface area contributed by atoms with E-state index in [4.69, 9.17) is 22.9 Å². The number of carboxylic acids is 1. The molecule has 38 heavy (non-hydrogen) atoms. The van der Waals surface area contributed by atoms with Crippen LogP contribution in [0.15, 0.2) is 17.5 Å². The smallest absolute Gasteiger partial charge is 0.328 e. The van der Waals surface area contributed by atoms with Crippen molar-refractivity contribution in [2.45, 2.75) is 69.3 Å². The van der Waals surface area contributed by atoms with Gasteiger partial charge in [0.1, 0.15) is 12.1 Å². The molecule has 212 valence electrons. The molecule has 0 aliphatic heterocycles. The van der Waals surface area contributed by atoms with Gasteiger partial charge in [0.05, 0.1) is 18.5 Å². The lowest BCUT2D eigenvalue weighted by atomic mass is 10.1. The van der Waals surface area contributed by atoms with Crippen LogP contribution in [-0.4, -0.2) is 92.6 Å². The Labute approximate surface area is 218 Å². The van der Waals surface area contributed by atoms with Crippen molar-refractivity contribution in [3.05, 3.63) is 18.2 Å². The number of hydrogen-bond donors (Lipinski definition) is 10. The van der Waals surface area contributed by atoms with E-state index in [0.29, 0.717) is 5.69 Å². The highest BCUT2D eigenvalue weighted by atomic mass is 16.4. The molecule has 1 aromatic rings. The maximum absolute atomic E-state index is 13.2. The molecule has 0 saturated carbocycles.